The highest BCUT2D eigenvalue weighted by Gasteiger charge is 2.17. The summed E-state index contributed by atoms with van der Waals surface area (Å²) >= 11 is 6.14. The first-order valence-corrected chi connectivity index (χ1v) is 6.74. The maximum atomic E-state index is 12.1. The Morgan fingerprint density at radius 3 is 2.71 bits per heavy atom. The maximum absolute atomic E-state index is 12.1. The van der Waals surface area contributed by atoms with Crippen LogP contribution in [0.1, 0.15) is 10.9 Å². The van der Waals surface area contributed by atoms with Crippen molar-refractivity contribution in [1.29, 1.82) is 5.26 Å². The average Bonchev–Trinajstić information content (AvgIpc) is 2.53. The number of alkyl halides is 1. The van der Waals surface area contributed by atoms with Crippen LogP contribution in [0.4, 0.5) is 5.69 Å². The third-order valence-corrected chi connectivity index (χ3v) is 3.18. The van der Waals surface area contributed by atoms with Crippen molar-refractivity contribution in [3.8, 4) is 11.8 Å². The summed E-state index contributed by atoms with van der Waals surface area (Å²) in [7, 11) is 0. The summed E-state index contributed by atoms with van der Waals surface area (Å²) in [6, 6.07) is 17.8. The number of carbonyl (C=O) groups excluding carboxylic acids is 1. The summed E-state index contributed by atoms with van der Waals surface area (Å²) < 4.78 is 5.18. The molecular weight excluding hydrogens is 288 g/mol. The lowest BCUT2D eigenvalue weighted by Crippen LogP contribution is -2.17. The number of ether oxygens (including phenoxy) is 1. The first-order chi connectivity index (χ1) is 10.2. The molecule has 4 nitrogen and oxygen atoms in total. The van der Waals surface area contributed by atoms with Gasteiger partial charge in [0.25, 0.3) is 0 Å². The Kier molecular flexibility index (Phi) is 5.19. The Balaban J connectivity index is 2.04. The van der Waals surface area contributed by atoms with Crippen LogP contribution in [0.3, 0.4) is 0 Å². The number of rotatable bonds is 5. The van der Waals surface area contributed by atoms with E-state index in [4.69, 9.17) is 21.6 Å². The van der Waals surface area contributed by atoms with Crippen molar-refractivity contribution in [2.24, 2.45) is 0 Å². The monoisotopic (exact) mass is 300 g/mol. The number of amides is 1. The summed E-state index contributed by atoms with van der Waals surface area (Å²) in [5.41, 5.74) is 1.30. The van der Waals surface area contributed by atoms with Crippen LogP contribution < -0.4 is 10.1 Å². The summed E-state index contributed by atoms with van der Waals surface area (Å²) in [5.74, 6) is 0.195. The van der Waals surface area contributed by atoms with Crippen molar-refractivity contribution in [3.05, 3.63) is 60.2 Å². The molecule has 0 aliphatic rings. The molecule has 21 heavy (non-hydrogen) atoms. The molecule has 0 fully saturated rings. The molecule has 0 bridgehead atoms. The fourth-order valence-corrected chi connectivity index (χ4v) is 1.96. The number of benzene rings is 2. The van der Waals surface area contributed by atoms with Gasteiger partial charge in [0.15, 0.2) is 6.61 Å². The van der Waals surface area contributed by atoms with Gasteiger partial charge in [-0.3, -0.25) is 4.79 Å². The molecule has 1 amide bonds. The molecule has 2 rings (SSSR count). The Labute approximate surface area is 127 Å². The van der Waals surface area contributed by atoms with Crippen LogP contribution in [0.25, 0.3) is 0 Å². The fourth-order valence-electron chi connectivity index (χ4n) is 1.76. The first-order valence-electron chi connectivity index (χ1n) is 6.30. The molecule has 0 saturated heterocycles. The van der Waals surface area contributed by atoms with Gasteiger partial charge in [-0.05, 0) is 17.7 Å². The molecule has 0 heterocycles. The summed E-state index contributed by atoms with van der Waals surface area (Å²) in [6.45, 7) is -0.0421. The summed E-state index contributed by atoms with van der Waals surface area (Å²) in [6.07, 6.45) is 0. The number of anilines is 1. The van der Waals surface area contributed by atoms with Gasteiger partial charge < -0.3 is 10.1 Å². The molecule has 2 aromatic rings. The number of halogens is 1. The Hall–Kier alpha value is -2.51. The van der Waals surface area contributed by atoms with Gasteiger partial charge in [0.05, 0.1) is 0 Å². The average molecular weight is 301 g/mol. The Morgan fingerprint density at radius 2 is 2.00 bits per heavy atom. The van der Waals surface area contributed by atoms with E-state index in [2.05, 4.69) is 5.32 Å². The Morgan fingerprint density at radius 1 is 1.24 bits per heavy atom. The molecule has 2 aromatic carbocycles. The lowest BCUT2D eigenvalue weighted by molar-refractivity contribution is -0.116. The van der Waals surface area contributed by atoms with Crippen LogP contribution in [-0.4, -0.2) is 12.5 Å². The van der Waals surface area contributed by atoms with Gasteiger partial charge in [-0.1, -0.05) is 36.4 Å². The Bertz CT molecular complexity index is 653. The molecule has 5 heteroatoms. The largest absolute Gasteiger partial charge is 0.479 e. The number of hydrogen-bond acceptors (Lipinski definition) is 3. The third kappa shape index (κ3) is 4.23. The lowest BCUT2D eigenvalue weighted by atomic mass is 10.1. The minimum atomic E-state index is -0.769. The first kappa shape index (κ1) is 14.9. The van der Waals surface area contributed by atoms with Crippen molar-refractivity contribution in [2.75, 3.05) is 11.9 Å². The third-order valence-electron chi connectivity index (χ3n) is 2.73. The quantitative estimate of drug-likeness (QED) is 0.860. The van der Waals surface area contributed by atoms with E-state index in [9.17, 15) is 4.79 Å². The molecule has 1 atom stereocenters. The second-order valence-electron chi connectivity index (χ2n) is 4.24. The number of hydrogen-bond donors (Lipinski definition) is 1. The maximum Gasteiger partial charge on any atom is 0.246 e. The normalized spacial score (nSPS) is 11.2. The molecular formula is C16H13ClN2O2. The highest BCUT2D eigenvalue weighted by atomic mass is 35.5. The second kappa shape index (κ2) is 7.32. The van der Waals surface area contributed by atoms with Gasteiger partial charge >= 0.3 is 0 Å². The summed E-state index contributed by atoms with van der Waals surface area (Å²) in [4.78, 5) is 12.1. The zero-order valence-corrected chi connectivity index (χ0v) is 11.9. The van der Waals surface area contributed by atoms with Crippen molar-refractivity contribution in [2.45, 2.75) is 5.38 Å². The number of nitrogens with one attached hydrogen (secondary N) is 1. The van der Waals surface area contributed by atoms with Gasteiger partial charge in [-0.25, -0.2) is 0 Å². The molecule has 0 aromatic heterocycles. The van der Waals surface area contributed by atoms with E-state index in [0.29, 0.717) is 11.4 Å². The van der Waals surface area contributed by atoms with Gasteiger partial charge in [0.1, 0.15) is 17.2 Å². The fraction of sp³-hybridized carbons (Fsp3) is 0.125. The van der Waals surface area contributed by atoms with Crippen molar-refractivity contribution in [3.63, 3.8) is 0 Å². The zero-order valence-electron chi connectivity index (χ0n) is 11.1. The molecule has 0 aliphatic heterocycles. The van der Waals surface area contributed by atoms with E-state index in [-0.39, 0.29) is 12.5 Å². The minimum Gasteiger partial charge on any atom is -0.479 e. The second-order valence-corrected chi connectivity index (χ2v) is 4.67. The van der Waals surface area contributed by atoms with Crippen LogP contribution in [-0.2, 0) is 4.79 Å². The molecule has 1 unspecified atom stereocenters. The van der Waals surface area contributed by atoms with E-state index < -0.39 is 5.38 Å². The number of nitrogens with zero attached hydrogens (tertiary/aromatic N) is 1. The van der Waals surface area contributed by atoms with Gasteiger partial charge in [-0.15, -0.1) is 11.6 Å². The number of nitriles is 1. The highest BCUT2D eigenvalue weighted by Crippen LogP contribution is 2.23. The van der Waals surface area contributed by atoms with Gasteiger partial charge in [0.2, 0.25) is 5.91 Å². The van der Waals surface area contributed by atoms with E-state index >= 15 is 0 Å². The topological polar surface area (TPSA) is 62.1 Å². The molecule has 0 radical (unpaired) electrons. The molecule has 106 valence electrons. The van der Waals surface area contributed by atoms with Gasteiger partial charge in [-0.2, -0.15) is 5.26 Å². The number of carbonyl (C=O) groups is 1. The SMILES string of the molecule is N#CCOc1cccc(NC(=O)C(Cl)c2ccccc2)c1. The van der Waals surface area contributed by atoms with E-state index in [1.54, 1.807) is 36.4 Å². The van der Waals surface area contributed by atoms with Crippen LogP contribution in [0.5, 0.6) is 5.75 Å². The summed E-state index contributed by atoms with van der Waals surface area (Å²) in [5, 5.41) is 10.4. The van der Waals surface area contributed by atoms with Crippen molar-refractivity contribution in [1.82, 2.24) is 0 Å². The van der Waals surface area contributed by atoms with E-state index in [0.717, 1.165) is 5.56 Å². The van der Waals surface area contributed by atoms with Crippen LogP contribution in [0.15, 0.2) is 54.6 Å². The van der Waals surface area contributed by atoms with E-state index in [1.807, 2.05) is 24.3 Å². The highest BCUT2D eigenvalue weighted by molar-refractivity contribution is 6.32. The predicted octanol–water partition coefficient (Wildman–Crippen LogP) is 3.51. The minimum absolute atomic E-state index is 0.0421. The van der Waals surface area contributed by atoms with Crippen LogP contribution in [0.2, 0.25) is 0 Å². The zero-order chi connectivity index (χ0) is 15.1. The standard InChI is InChI=1S/C16H13ClN2O2/c17-15(12-5-2-1-3-6-12)16(20)19-13-7-4-8-14(11-13)21-10-9-18/h1-8,11,15H,10H2,(H,19,20). The predicted molar refractivity (Wildman–Crippen MR) is 81.2 cm³/mol. The lowest BCUT2D eigenvalue weighted by Gasteiger charge is -2.11. The van der Waals surface area contributed by atoms with Gasteiger partial charge in [0, 0.05) is 11.8 Å². The van der Waals surface area contributed by atoms with E-state index in [1.165, 1.54) is 0 Å². The molecule has 0 aliphatic carbocycles. The van der Waals surface area contributed by atoms with Crippen molar-refractivity contribution < 1.29 is 9.53 Å². The van der Waals surface area contributed by atoms with Crippen molar-refractivity contribution >= 4 is 23.2 Å². The molecule has 0 saturated carbocycles. The molecule has 0 spiro atoms. The van der Waals surface area contributed by atoms with Crippen LogP contribution >= 0.6 is 11.6 Å². The smallest absolute Gasteiger partial charge is 0.246 e. The molecule has 1 N–H and O–H groups in total. The van der Waals surface area contributed by atoms with Crippen LogP contribution in [0, 0.1) is 11.3 Å².